The maximum atomic E-state index is 9.61. The highest BCUT2D eigenvalue weighted by Crippen LogP contribution is 2.26. The van der Waals surface area contributed by atoms with Crippen molar-refractivity contribution in [1.29, 1.82) is 0 Å². The number of aliphatic hydroxyl groups excluding tert-OH is 1. The fraction of sp³-hybridized carbons (Fsp3) is 0.286. The number of anilines is 1. The fourth-order valence-corrected chi connectivity index (χ4v) is 2.59. The molecule has 1 aliphatic rings. The standard InChI is InChI=1S/C14H13Cl2N3O/c15-10-3-1-9(2-4-10)12-7-13(18-14(16)17-12)19-6-5-11(20)8-19/h1-4,7,11,20H,5-6,8H2. The molecule has 1 unspecified atom stereocenters. The van der Waals surface area contributed by atoms with Gasteiger partial charge in [0.15, 0.2) is 0 Å². The Kier molecular flexibility index (Phi) is 3.78. The molecule has 104 valence electrons. The summed E-state index contributed by atoms with van der Waals surface area (Å²) >= 11 is 11.9. The lowest BCUT2D eigenvalue weighted by molar-refractivity contribution is 0.198. The summed E-state index contributed by atoms with van der Waals surface area (Å²) in [4.78, 5) is 10.5. The van der Waals surface area contributed by atoms with Gasteiger partial charge in [0.05, 0.1) is 11.8 Å². The van der Waals surface area contributed by atoms with E-state index in [9.17, 15) is 5.11 Å². The Morgan fingerprint density at radius 2 is 1.90 bits per heavy atom. The number of benzene rings is 1. The third kappa shape index (κ3) is 2.87. The number of hydrogen-bond acceptors (Lipinski definition) is 4. The Bertz CT molecular complexity index is 618. The van der Waals surface area contributed by atoms with Gasteiger partial charge in [-0.25, -0.2) is 9.97 Å². The van der Waals surface area contributed by atoms with E-state index < -0.39 is 0 Å². The molecule has 2 heterocycles. The first-order chi connectivity index (χ1) is 9.61. The molecule has 4 nitrogen and oxygen atoms in total. The van der Waals surface area contributed by atoms with E-state index in [1.54, 1.807) is 0 Å². The summed E-state index contributed by atoms with van der Waals surface area (Å²) in [6.45, 7) is 1.35. The summed E-state index contributed by atoms with van der Waals surface area (Å²) < 4.78 is 0. The van der Waals surface area contributed by atoms with Crippen LogP contribution in [-0.4, -0.2) is 34.3 Å². The molecule has 20 heavy (non-hydrogen) atoms. The van der Waals surface area contributed by atoms with Crippen molar-refractivity contribution in [2.24, 2.45) is 0 Å². The van der Waals surface area contributed by atoms with Gasteiger partial charge in [0, 0.05) is 29.7 Å². The van der Waals surface area contributed by atoms with Gasteiger partial charge in [-0.15, -0.1) is 0 Å². The molecule has 6 heteroatoms. The molecule has 0 radical (unpaired) electrons. The molecule has 0 spiro atoms. The molecule has 0 aliphatic carbocycles. The van der Waals surface area contributed by atoms with Crippen molar-refractivity contribution >= 4 is 29.0 Å². The van der Waals surface area contributed by atoms with E-state index in [4.69, 9.17) is 23.2 Å². The Labute approximate surface area is 127 Å². The molecule has 0 saturated carbocycles. The minimum absolute atomic E-state index is 0.203. The average molecular weight is 310 g/mol. The Hall–Kier alpha value is -1.36. The van der Waals surface area contributed by atoms with Gasteiger partial charge in [-0.3, -0.25) is 0 Å². The highest BCUT2D eigenvalue weighted by Gasteiger charge is 2.22. The number of β-amino-alcohol motifs (C(OH)–C–C–N with tert-alkyl or cyclic N) is 1. The predicted octanol–water partition coefficient (Wildman–Crippen LogP) is 3.02. The predicted molar refractivity (Wildman–Crippen MR) is 80.3 cm³/mol. The molecule has 1 aliphatic heterocycles. The number of hydrogen-bond donors (Lipinski definition) is 1. The van der Waals surface area contributed by atoms with Crippen LogP contribution in [0.5, 0.6) is 0 Å². The molecule has 1 fully saturated rings. The SMILES string of the molecule is OC1CCN(c2cc(-c3ccc(Cl)cc3)nc(Cl)n2)C1. The number of nitrogens with zero attached hydrogens (tertiary/aromatic N) is 3. The lowest BCUT2D eigenvalue weighted by atomic mass is 10.1. The van der Waals surface area contributed by atoms with Crippen LogP contribution in [0.3, 0.4) is 0 Å². The molecule has 0 amide bonds. The van der Waals surface area contributed by atoms with Crippen LogP contribution in [0.2, 0.25) is 10.3 Å². The average Bonchev–Trinajstić information content (AvgIpc) is 2.85. The lowest BCUT2D eigenvalue weighted by Crippen LogP contribution is -2.22. The van der Waals surface area contributed by atoms with E-state index in [1.807, 2.05) is 35.2 Å². The van der Waals surface area contributed by atoms with Crippen molar-refractivity contribution < 1.29 is 5.11 Å². The molecular formula is C14H13Cl2N3O. The van der Waals surface area contributed by atoms with Crippen LogP contribution in [0.15, 0.2) is 30.3 Å². The first kappa shape index (κ1) is 13.6. The van der Waals surface area contributed by atoms with Crippen LogP contribution in [0, 0.1) is 0 Å². The van der Waals surface area contributed by atoms with Gasteiger partial charge >= 0.3 is 0 Å². The van der Waals surface area contributed by atoms with E-state index in [-0.39, 0.29) is 11.4 Å². The number of aliphatic hydroxyl groups is 1. The van der Waals surface area contributed by atoms with Crippen LogP contribution in [0.1, 0.15) is 6.42 Å². The minimum atomic E-state index is -0.303. The second-order valence-electron chi connectivity index (χ2n) is 4.78. The van der Waals surface area contributed by atoms with Gasteiger partial charge in [-0.2, -0.15) is 0 Å². The number of halogens is 2. The van der Waals surface area contributed by atoms with Crippen molar-refractivity contribution in [2.45, 2.75) is 12.5 Å². The zero-order chi connectivity index (χ0) is 14.1. The van der Waals surface area contributed by atoms with Gasteiger partial charge in [0.2, 0.25) is 5.28 Å². The quantitative estimate of drug-likeness (QED) is 0.866. The highest BCUT2D eigenvalue weighted by molar-refractivity contribution is 6.30. The van der Waals surface area contributed by atoms with Crippen LogP contribution in [0.4, 0.5) is 5.82 Å². The van der Waals surface area contributed by atoms with Crippen molar-refractivity contribution in [3.05, 3.63) is 40.6 Å². The van der Waals surface area contributed by atoms with Crippen LogP contribution in [0.25, 0.3) is 11.3 Å². The summed E-state index contributed by atoms with van der Waals surface area (Å²) in [5.74, 6) is 0.742. The van der Waals surface area contributed by atoms with Crippen molar-refractivity contribution in [3.8, 4) is 11.3 Å². The summed E-state index contributed by atoms with van der Waals surface area (Å²) in [6, 6.07) is 9.29. The largest absolute Gasteiger partial charge is 0.391 e. The maximum Gasteiger partial charge on any atom is 0.224 e. The molecule has 3 rings (SSSR count). The molecule has 1 saturated heterocycles. The van der Waals surface area contributed by atoms with E-state index in [0.29, 0.717) is 11.6 Å². The van der Waals surface area contributed by atoms with Crippen molar-refractivity contribution in [3.63, 3.8) is 0 Å². The smallest absolute Gasteiger partial charge is 0.224 e. The minimum Gasteiger partial charge on any atom is -0.391 e. The highest BCUT2D eigenvalue weighted by atomic mass is 35.5. The molecule has 0 bridgehead atoms. The molecule has 1 aromatic heterocycles. The Morgan fingerprint density at radius 1 is 1.15 bits per heavy atom. The Balaban J connectivity index is 1.96. The van der Waals surface area contributed by atoms with E-state index in [0.717, 1.165) is 30.0 Å². The summed E-state index contributed by atoms with van der Waals surface area (Å²) in [7, 11) is 0. The van der Waals surface area contributed by atoms with Gasteiger partial charge in [0.25, 0.3) is 0 Å². The second-order valence-corrected chi connectivity index (χ2v) is 5.55. The van der Waals surface area contributed by atoms with Crippen molar-refractivity contribution in [2.75, 3.05) is 18.0 Å². The van der Waals surface area contributed by atoms with Gasteiger partial charge in [0.1, 0.15) is 5.82 Å². The Morgan fingerprint density at radius 3 is 2.55 bits per heavy atom. The topological polar surface area (TPSA) is 49.2 Å². The molecule has 1 atom stereocenters. The molecule has 2 aromatic rings. The first-order valence-electron chi connectivity index (χ1n) is 6.35. The summed E-state index contributed by atoms with van der Waals surface area (Å²) in [5.41, 5.74) is 1.68. The molecule has 1 aromatic carbocycles. The van der Waals surface area contributed by atoms with E-state index in [1.165, 1.54) is 0 Å². The lowest BCUT2D eigenvalue weighted by Gasteiger charge is -2.17. The normalized spacial score (nSPS) is 18.6. The molecule has 1 N–H and O–H groups in total. The van der Waals surface area contributed by atoms with Crippen LogP contribution >= 0.6 is 23.2 Å². The number of rotatable bonds is 2. The second kappa shape index (κ2) is 5.56. The first-order valence-corrected chi connectivity index (χ1v) is 7.11. The zero-order valence-electron chi connectivity index (χ0n) is 10.6. The monoisotopic (exact) mass is 309 g/mol. The van der Waals surface area contributed by atoms with E-state index >= 15 is 0 Å². The summed E-state index contributed by atoms with van der Waals surface area (Å²) in [5, 5.41) is 10.5. The van der Waals surface area contributed by atoms with Gasteiger partial charge in [-0.05, 0) is 30.2 Å². The summed E-state index contributed by atoms with van der Waals surface area (Å²) in [6.07, 6.45) is 0.445. The third-order valence-electron chi connectivity index (χ3n) is 3.31. The van der Waals surface area contributed by atoms with Gasteiger partial charge < -0.3 is 10.0 Å². The van der Waals surface area contributed by atoms with Crippen LogP contribution < -0.4 is 4.90 Å². The fourth-order valence-electron chi connectivity index (χ4n) is 2.29. The van der Waals surface area contributed by atoms with E-state index in [2.05, 4.69) is 9.97 Å². The van der Waals surface area contributed by atoms with Crippen LogP contribution in [-0.2, 0) is 0 Å². The maximum absolute atomic E-state index is 9.61. The zero-order valence-corrected chi connectivity index (χ0v) is 12.1. The van der Waals surface area contributed by atoms with Crippen molar-refractivity contribution in [1.82, 2.24) is 9.97 Å². The third-order valence-corrected chi connectivity index (χ3v) is 3.73. The molecular weight excluding hydrogens is 297 g/mol. The number of aromatic nitrogens is 2. The van der Waals surface area contributed by atoms with Gasteiger partial charge in [-0.1, -0.05) is 23.7 Å².